The summed E-state index contributed by atoms with van der Waals surface area (Å²) in [4.78, 5) is 0. The second-order valence-electron chi connectivity index (χ2n) is 3.78. The highest BCUT2D eigenvalue weighted by atomic mass is 14.9. The van der Waals surface area contributed by atoms with E-state index in [1.807, 2.05) is 0 Å². The lowest BCUT2D eigenvalue weighted by Crippen LogP contribution is -2.06. The van der Waals surface area contributed by atoms with Gasteiger partial charge in [0.05, 0.1) is 0 Å². The van der Waals surface area contributed by atoms with Crippen molar-refractivity contribution in [3.8, 4) is 0 Å². The first-order valence-corrected chi connectivity index (χ1v) is 4.23. The van der Waals surface area contributed by atoms with E-state index in [0.717, 1.165) is 23.7 Å². The number of hydrogen-bond donors (Lipinski definition) is 1. The van der Waals surface area contributed by atoms with Crippen molar-refractivity contribution < 1.29 is 0 Å². The summed E-state index contributed by atoms with van der Waals surface area (Å²) < 4.78 is 0. The Hall–Kier alpha value is -0.720. The molecule has 11 heavy (non-hydrogen) atoms. The zero-order valence-electron chi connectivity index (χ0n) is 7.48. The van der Waals surface area contributed by atoms with Crippen LogP contribution in [0.25, 0.3) is 0 Å². The third kappa shape index (κ3) is 2.11. The van der Waals surface area contributed by atoms with Gasteiger partial charge in [-0.25, -0.2) is 0 Å². The van der Waals surface area contributed by atoms with Crippen molar-refractivity contribution in [1.29, 1.82) is 0 Å². The molecule has 0 aromatic rings. The molecular weight excluding hydrogens is 134 g/mol. The Balaban J connectivity index is 2.47. The molecule has 1 N–H and O–H groups in total. The molecule has 1 atom stereocenters. The normalized spacial score (nSPS) is 24.5. The van der Waals surface area contributed by atoms with Crippen LogP contribution in [0.15, 0.2) is 24.6 Å². The van der Waals surface area contributed by atoms with Crippen molar-refractivity contribution >= 4 is 0 Å². The van der Waals surface area contributed by atoms with Crippen LogP contribution in [0.4, 0.5) is 0 Å². The smallest absolute Gasteiger partial charge is 0.0111 e. The van der Waals surface area contributed by atoms with Crippen molar-refractivity contribution in [2.45, 2.75) is 26.7 Å². The van der Waals surface area contributed by atoms with E-state index in [4.69, 9.17) is 0 Å². The van der Waals surface area contributed by atoms with Crippen LogP contribution in [-0.4, -0.2) is 0 Å². The number of allylic oxidation sites excluding steroid dienone is 2. The van der Waals surface area contributed by atoms with Crippen molar-refractivity contribution in [3.05, 3.63) is 24.6 Å². The predicted molar refractivity (Wildman–Crippen MR) is 49.0 cm³/mol. The summed E-state index contributed by atoms with van der Waals surface area (Å²) in [5.41, 5.74) is 2.28. The average molecular weight is 151 g/mol. The first kappa shape index (κ1) is 8.38. The van der Waals surface area contributed by atoms with Gasteiger partial charge in [-0.2, -0.15) is 0 Å². The molecule has 1 saturated heterocycles. The summed E-state index contributed by atoms with van der Waals surface area (Å²) in [5, 5.41) is 3.18. The van der Waals surface area contributed by atoms with E-state index in [0.29, 0.717) is 5.92 Å². The van der Waals surface area contributed by atoms with E-state index in [2.05, 4.69) is 32.3 Å². The highest BCUT2D eigenvalue weighted by molar-refractivity contribution is 5.17. The minimum atomic E-state index is 0.627. The van der Waals surface area contributed by atoms with Crippen LogP contribution >= 0.6 is 0 Å². The summed E-state index contributed by atoms with van der Waals surface area (Å²) in [6.07, 6.45) is 2.31. The predicted octanol–water partition coefficient (Wildman–Crippen LogP) is 2.67. The van der Waals surface area contributed by atoms with Crippen LogP contribution < -0.4 is 5.32 Å². The molecule has 0 aromatic heterocycles. The standard InChI is InChI=1S/C10H17N/c1-7(2)5-10-6-8(3)11-9(10)4/h7,10-11H,3-6H2,1-2H3. The van der Waals surface area contributed by atoms with E-state index in [1.54, 1.807) is 0 Å². The van der Waals surface area contributed by atoms with Crippen molar-refractivity contribution in [3.63, 3.8) is 0 Å². The lowest BCUT2D eigenvalue weighted by Gasteiger charge is -2.11. The van der Waals surface area contributed by atoms with Gasteiger partial charge in [0.15, 0.2) is 0 Å². The molecule has 1 aliphatic heterocycles. The summed E-state index contributed by atoms with van der Waals surface area (Å²) in [6, 6.07) is 0. The van der Waals surface area contributed by atoms with Gasteiger partial charge >= 0.3 is 0 Å². The van der Waals surface area contributed by atoms with E-state index in [1.165, 1.54) is 6.42 Å². The average Bonchev–Trinajstić information content (AvgIpc) is 2.09. The molecule has 0 spiro atoms. The van der Waals surface area contributed by atoms with Gasteiger partial charge in [0.2, 0.25) is 0 Å². The molecule has 0 radical (unpaired) electrons. The first-order valence-electron chi connectivity index (χ1n) is 4.23. The minimum absolute atomic E-state index is 0.627. The quantitative estimate of drug-likeness (QED) is 0.639. The van der Waals surface area contributed by atoms with Gasteiger partial charge in [0, 0.05) is 17.3 Å². The zero-order valence-corrected chi connectivity index (χ0v) is 7.48. The summed E-state index contributed by atoms with van der Waals surface area (Å²) in [7, 11) is 0. The highest BCUT2D eigenvalue weighted by Gasteiger charge is 2.21. The van der Waals surface area contributed by atoms with E-state index < -0.39 is 0 Å². The Labute approximate surface area is 69.2 Å². The van der Waals surface area contributed by atoms with Crippen molar-refractivity contribution in [2.24, 2.45) is 11.8 Å². The molecule has 1 heteroatoms. The first-order chi connectivity index (χ1) is 5.09. The molecule has 1 heterocycles. The molecule has 0 bridgehead atoms. The Morgan fingerprint density at radius 3 is 2.55 bits per heavy atom. The molecule has 1 fully saturated rings. The van der Waals surface area contributed by atoms with Gasteiger partial charge in [-0.05, 0) is 18.8 Å². The van der Waals surface area contributed by atoms with Gasteiger partial charge in [0.25, 0.3) is 0 Å². The maximum Gasteiger partial charge on any atom is 0.0111 e. The molecular formula is C10H17N. The maximum absolute atomic E-state index is 3.97. The van der Waals surface area contributed by atoms with Crippen LogP contribution in [0.5, 0.6) is 0 Å². The topological polar surface area (TPSA) is 12.0 Å². The lowest BCUT2D eigenvalue weighted by atomic mass is 9.94. The van der Waals surface area contributed by atoms with Gasteiger partial charge < -0.3 is 5.32 Å². The Morgan fingerprint density at radius 1 is 1.55 bits per heavy atom. The highest BCUT2D eigenvalue weighted by Crippen LogP contribution is 2.29. The summed E-state index contributed by atoms with van der Waals surface area (Å²) in [5.74, 6) is 1.38. The van der Waals surface area contributed by atoms with Crippen LogP contribution in [0.1, 0.15) is 26.7 Å². The Bertz CT molecular complexity index is 179. The van der Waals surface area contributed by atoms with Crippen molar-refractivity contribution in [2.75, 3.05) is 0 Å². The van der Waals surface area contributed by atoms with Gasteiger partial charge in [0.1, 0.15) is 0 Å². The van der Waals surface area contributed by atoms with Crippen LogP contribution in [0.3, 0.4) is 0 Å². The second-order valence-corrected chi connectivity index (χ2v) is 3.78. The van der Waals surface area contributed by atoms with Crippen molar-refractivity contribution in [1.82, 2.24) is 5.32 Å². The molecule has 1 rings (SSSR count). The third-order valence-corrected chi connectivity index (χ3v) is 2.08. The van der Waals surface area contributed by atoms with E-state index in [-0.39, 0.29) is 0 Å². The molecule has 1 aliphatic rings. The molecule has 0 saturated carbocycles. The van der Waals surface area contributed by atoms with Gasteiger partial charge in [-0.15, -0.1) is 0 Å². The monoisotopic (exact) mass is 151 g/mol. The minimum Gasteiger partial charge on any atom is -0.363 e. The molecule has 0 aromatic carbocycles. The molecule has 1 unspecified atom stereocenters. The lowest BCUT2D eigenvalue weighted by molar-refractivity contribution is 0.474. The summed E-state index contributed by atoms with van der Waals surface area (Å²) in [6.45, 7) is 12.3. The summed E-state index contributed by atoms with van der Waals surface area (Å²) >= 11 is 0. The molecule has 1 nitrogen and oxygen atoms in total. The Kier molecular flexibility index (Phi) is 2.38. The second kappa shape index (κ2) is 3.12. The SMILES string of the molecule is C=C1CC(CC(C)C)C(=C)N1. The van der Waals surface area contributed by atoms with E-state index >= 15 is 0 Å². The Morgan fingerprint density at radius 2 is 2.18 bits per heavy atom. The van der Waals surface area contributed by atoms with Crippen LogP contribution in [0.2, 0.25) is 0 Å². The van der Waals surface area contributed by atoms with Crippen LogP contribution in [0, 0.1) is 11.8 Å². The fourth-order valence-electron chi connectivity index (χ4n) is 1.60. The molecule has 62 valence electrons. The molecule has 0 aliphatic carbocycles. The maximum atomic E-state index is 3.97. The number of rotatable bonds is 2. The fraction of sp³-hybridized carbons (Fsp3) is 0.600. The number of nitrogens with one attached hydrogen (secondary N) is 1. The number of hydrogen-bond acceptors (Lipinski definition) is 1. The van der Waals surface area contributed by atoms with Crippen LogP contribution in [-0.2, 0) is 0 Å². The molecule has 0 amide bonds. The van der Waals surface area contributed by atoms with E-state index in [9.17, 15) is 0 Å². The third-order valence-electron chi connectivity index (χ3n) is 2.08. The fourth-order valence-corrected chi connectivity index (χ4v) is 1.60. The zero-order chi connectivity index (χ0) is 8.43. The van der Waals surface area contributed by atoms with Gasteiger partial charge in [-0.3, -0.25) is 0 Å². The van der Waals surface area contributed by atoms with Gasteiger partial charge in [-0.1, -0.05) is 27.0 Å². The largest absolute Gasteiger partial charge is 0.363 e.